The van der Waals surface area contributed by atoms with Gasteiger partial charge in [-0.05, 0) is 112 Å². The van der Waals surface area contributed by atoms with Gasteiger partial charge >= 0.3 is 0 Å². The summed E-state index contributed by atoms with van der Waals surface area (Å²) >= 11 is 0. The third-order valence-corrected chi connectivity index (χ3v) is 12.9. The maximum Gasteiger partial charge on any atom is 0.0972 e. The van der Waals surface area contributed by atoms with E-state index in [1.165, 1.54) is 88.0 Å². The number of fused-ring (bicyclic) bond motifs is 20. The van der Waals surface area contributed by atoms with Crippen LogP contribution in [0.15, 0.2) is 194 Å². The van der Waals surface area contributed by atoms with Crippen LogP contribution in [0.4, 0.5) is 0 Å². The highest BCUT2D eigenvalue weighted by Gasteiger charge is 2.53. The standard InChI is InChI=1S/C55H32N2/c1-5-22-43-37(16-1)38-17-3-6-23-44(38)52-51(43)50-42-21-4-2-18-39(42)45(32-48(50)55(52)46-24-9-7-19-40(46)41-20-8-10-25-47(41)55)35-13-11-14-36(31-35)49-29-28-34-27-26-33-15-12-30-56-53(33)54(34)57-49/h1-32H. The molecule has 0 atom stereocenters. The molecular weight excluding hydrogens is 689 g/mol. The van der Waals surface area contributed by atoms with Crippen LogP contribution < -0.4 is 0 Å². The van der Waals surface area contributed by atoms with Crippen LogP contribution in [0, 0.1) is 0 Å². The first-order valence-electron chi connectivity index (χ1n) is 19.7. The number of hydrogen-bond donors (Lipinski definition) is 0. The minimum Gasteiger partial charge on any atom is -0.254 e. The van der Waals surface area contributed by atoms with Crippen LogP contribution >= 0.6 is 0 Å². The largest absolute Gasteiger partial charge is 0.254 e. The molecule has 2 heteroatoms. The van der Waals surface area contributed by atoms with E-state index in [0.717, 1.165) is 33.1 Å². The van der Waals surface area contributed by atoms with Crippen LogP contribution in [0.1, 0.15) is 22.3 Å². The molecule has 0 unspecified atom stereocenters. The Morgan fingerprint density at radius 2 is 0.930 bits per heavy atom. The van der Waals surface area contributed by atoms with Crippen LogP contribution in [0.25, 0.3) is 98.8 Å². The lowest BCUT2D eigenvalue weighted by Gasteiger charge is -2.32. The highest BCUT2D eigenvalue weighted by molar-refractivity contribution is 6.24. The normalized spacial score (nSPS) is 13.4. The third-order valence-electron chi connectivity index (χ3n) is 12.9. The Morgan fingerprint density at radius 1 is 0.351 bits per heavy atom. The van der Waals surface area contributed by atoms with Gasteiger partial charge in [0.05, 0.1) is 22.1 Å². The lowest BCUT2D eigenvalue weighted by atomic mass is 9.68. The molecule has 0 fully saturated rings. The Kier molecular flexibility index (Phi) is 6.13. The van der Waals surface area contributed by atoms with Crippen molar-refractivity contribution in [2.24, 2.45) is 0 Å². The monoisotopic (exact) mass is 720 g/mol. The van der Waals surface area contributed by atoms with Crippen molar-refractivity contribution in [2.75, 3.05) is 0 Å². The first-order valence-corrected chi connectivity index (χ1v) is 19.7. The number of nitrogens with zero attached hydrogens (tertiary/aromatic N) is 2. The minimum absolute atomic E-state index is 0.522. The second-order valence-electron chi connectivity index (χ2n) is 15.6. The maximum atomic E-state index is 5.26. The van der Waals surface area contributed by atoms with Gasteiger partial charge in [0, 0.05) is 22.5 Å². The van der Waals surface area contributed by atoms with Gasteiger partial charge in [0.1, 0.15) is 0 Å². The predicted octanol–water partition coefficient (Wildman–Crippen LogP) is 13.9. The van der Waals surface area contributed by atoms with Crippen molar-refractivity contribution in [2.45, 2.75) is 5.41 Å². The summed E-state index contributed by atoms with van der Waals surface area (Å²) in [4.78, 5) is 9.99. The van der Waals surface area contributed by atoms with Crippen LogP contribution in [0.3, 0.4) is 0 Å². The Balaban J connectivity index is 1.15. The molecule has 11 aromatic rings. The molecule has 2 aliphatic rings. The molecule has 0 N–H and O–H groups in total. The summed E-state index contributed by atoms with van der Waals surface area (Å²) in [7, 11) is 0. The lowest BCUT2D eigenvalue weighted by Crippen LogP contribution is -2.26. The zero-order valence-electron chi connectivity index (χ0n) is 30.9. The maximum absolute atomic E-state index is 5.26. The highest BCUT2D eigenvalue weighted by Crippen LogP contribution is 2.67. The van der Waals surface area contributed by atoms with E-state index >= 15 is 0 Å². The van der Waals surface area contributed by atoms with Crippen molar-refractivity contribution in [3.63, 3.8) is 0 Å². The quantitative estimate of drug-likeness (QED) is 0.166. The van der Waals surface area contributed by atoms with Crippen molar-refractivity contribution in [1.82, 2.24) is 9.97 Å². The summed E-state index contributed by atoms with van der Waals surface area (Å²) in [5, 5.41) is 9.91. The van der Waals surface area contributed by atoms with Gasteiger partial charge in [-0.25, -0.2) is 4.98 Å². The molecule has 2 aliphatic carbocycles. The third kappa shape index (κ3) is 3.99. The number of benzene rings is 9. The summed E-state index contributed by atoms with van der Waals surface area (Å²) in [6.45, 7) is 0. The Hall–Kier alpha value is -7.42. The molecule has 2 heterocycles. The molecule has 13 rings (SSSR count). The Morgan fingerprint density at radius 3 is 1.68 bits per heavy atom. The molecule has 0 amide bonds. The van der Waals surface area contributed by atoms with E-state index in [-0.39, 0.29) is 0 Å². The second kappa shape index (κ2) is 11.3. The molecule has 2 nitrogen and oxygen atoms in total. The van der Waals surface area contributed by atoms with Gasteiger partial charge in [0.25, 0.3) is 0 Å². The van der Waals surface area contributed by atoms with E-state index in [0.29, 0.717) is 0 Å². The lowest BCUT2D eigenvalue weighted by molar-refractivity contribution is 0.803. The number of aromatic nitrogens is 2. The summed E-state index contributed by atoms with van der Waals surface area (Å²) in [6, 6.07) is 69.7. The van der Waals surface area contributed by atoms with Crippen LogP contribution in [-0.4, -0.2) is 9.97 Å². The number of hydrogen-bond acceptors (Lipinski definition) is 2. The van der Waals surface area contributed by atoms with E-state index in [4.69, 9.17) is 9.97 Å². The zero-order valence-corrected chi connectivity index (χ0v) is 30.9. The van der Waals surface area contributed by atoms with Crippen molar-refractivity contribution in [3.8, 4) is 44.6 Å². The highest BCUT2D eigenvalue weighted by atomic mass is 14.8. The van der Waals surface area contributed by atoms with Crippen molar-refractivity contribution < 1.29 is 0 Å². The SMILES string of the molecule is c1cc(-c2ccc3ccc4cccnc4c3n2)cc(-c2cc3c(c4ccccc24)-c2c(c4ccccc4c4ccccc24)C32c3ccccc3-c3ccccc32)c1. The Labute approximate surface area is 329 Å². The van der Waals surface area contributed by atoms with Gasteiger partial charge in [0.2, 0.25) is 0 Å². The summed E-state index contributed by atoms with van der Waals surface area (Å²) in [5.41, 5.74) is 16.5. The smallest absolute Gasteiger partial charge is 0.0972 e. The fourth-order valence-electron chi connectivity index (χ4n) is 10.6. The summed E-state index contributed by atoms with van der Waals surface area (Å²) < 4.78 is 0. The average molecular weight is 721 g/mol. The minimum atomic E-state index is -0.522. The first-order chi connectivity index (χ1) is 28.3. The van der Waals surface area contributed by atoms with E-state index in [1.807, 2.05) is 12.3 Å². The van der Waals surface area contributed by atoms with Crippen LogP contribution in [0.5, 0.6) is 0 Å². The molecule has 0 radical (unpaired) electrons. The van der Waals surface area contributed by atoms with Crippen molar-refractivity contribution in [3.05, 3.63) is 217 Å². The molecule has 1 spiro atoms. The summed E-state index contributed by atoms with van der Waals surface area (Å²) in [5.74, 6) is 0. The molecule has 0 saturated carbocycles. The molecule has 2 aromatic heterocycles. The Bertz CT molecular complexity index is 3490. The zero-order chi connectivity index (χ0) is 37.2. The molecule has 0 aliphatic heterocycles. The van der Waals surface area contributed by atoms with Gasteiger partial charge in [0.15, 0.2) is 0 Å². The van der Waals surface area contributed by atoms with E-state index in [2.05, 4.69) is 182 Å². The van der Waals surface area contributed by atoms with Crippen molar-refractivity contribution >= 4 is 54.1 Å². The molecular formula is C55H32N2. The number of pyridine rings is 2. The second-order valence-corrected chi connectivity index (χ2v) is 15.6. The van der Waals surface area contributed by atoms with Gasteiger partial charge in [-0.3, -0.25) is 4.98 Å². The van der Waals surface area contributed by atoms with E-state index in [9.17, 15) is 0 Å². The molecule has 9 aromatic carbocycles. The molecule has 0 saturated heterocycles. The summed E-state index contributed by atoms with van der Waals surface area (Å²) in [6.07, 6.45) is 1.85. The fraction of sp³-hybridized carbons (Fsp3) is 0.0182. The fourth-order valence-corrected chi connectivity index (χ4v) is 10.6. The van der Waals surface area contributed by atoms with Gasteiger partial charge in [-0.15, -0.1) is 0 Å². The van der Waals surface area contributed by atoms with Crippen molar-refractivity contribution in [1.29, 1.82) is 0 Å². The van der Waals surface area contributed by atoms with Gasteiger partial charge < -0.3 is 0 Å². The van der Waals surface area contributed by atoms with E-state index < -0.39 is 5.41 Å². The van der Waals surface area contributed by atoms with Crippen LogP contribution in [0.2, 0.25) is 0 Å². The van der Waals surface area contributed by atoms with Gasteiger partial charge in [-0.2, -0.15) is 0 Å². The molecule has 0 bridgehead atoms. The van der Waals surface area contributed by atoms with E-state index in [1.54, 1.807) is 0 Å². The molecule has 57 heavy (non-hydrogen) atoms. The first kappa shape index (κ1) is 30.9. The topological polar surface area (TPSA) is 25.8 Å². The van der Waals surface area contributed by atoms with Gasteiger partial charge in [-0.1, -0.05) is 164 Å². The number of rotatable bonds is 2. The average Bonchev–Trinajstić information content (AvgIpc) is 3.77. The van der Waals surface area contributed by atoms with Crippen LogP contribution in [-0.2, 0) is 5.41 Å². The predicted molar refractivity (Wildman–Crippen MR) is 237 cm³/mol. The molecule has 262 valence electrons.